The maximum absolute atomic E-state index is 14.2. The molecule has 0 unspecified atom stereocenters. The average molecular weight is 394 g/mol. The largest absolute Gasteiger partial charge is 0.317 e. The number of piperidine rings is 1. The number of hydrogen-bond donors (Lipinski definition) is 2. The third-order valence-corrected chi connectivity index (χ3v) is 7.56. The normalized spacial score (nSPS) is 17.0. The van der Waals surface area contributed by atoms with Crippen LogP contribution in [0.15, 0.2) is 23.1 Å². The highest BCUT2D eigenvalue weighted by atomic mass is 32.2. The van der Waals surface area contributed by atoms with E-state index in [1.54, 1.807) is 6.92 Å². The summed E-state index contributed by atoms with van der Waals surface area (Å²) in [5, 5.41) is 3.16. The molecule has 10 heteroatoms. The van der Waals surface area contributed by atoms with Crippen LogP contribution in [0.5, 0.6) is 0 Å². The summed E-state index contributed by atoms with van der Waals surface area (Å²) in [7, 11) is -6.00. The van der Waals surface area contributed by atoms with Crippen LogP contribution in [0.3, 0.4) is 0 Å². The van der Waals surface area contributed by atoms with Gasteiger partial charge in [0, 0.05) is 13.1 Å². The van der Waals surface area contributed by atoms with E-state index in [4.69, 9.17) is 0 Å². The zero-order valence-electron chi connectivity index (χ0n) is 14.3. The number of halogens is 1. The van der Waals surface area contributed by atoms with E-state index >= 15 is 0 Å². The molecule has 25 heavy (non-hydrogen) atoms. The lowest BCUT2D eigenvalue weighted by Gasteiger charge is -2.30. The van der Waals surface area contributed by atoms with Crippen molar-refractivity contribution in [3.05, 3.63) is 24.0 Å². The molecule has 0 amide bonds. The molecule has 0 aliphatic carbocycles. The lowest BCUT2D eigenvalue weighted by molar-refractivity contribution is 0.296. The molecule has 7 nitrogen and oxygen atoms in total. The van der Waals surface area contributed by atoms with Crippen molar-refractivity contribution in [1.29, 1.82) is 0 Å². The number of benzene rings is 1. The molecule has 2 N–H and O–H groups in total. The molecule has 1 aliphatic heterocycles. The molecule has 0 bridgehead atoms. The van der Waals surface area contributed by atoms with Gasteiger partial charge in [-0.25, -0.2) is 21.2 Å². The van der Waals surface area contributed by atoms with Crippen LogP contribution >= 0.6 is 0 Å². The van der Waals surface area contributed by atoms with Crippen LogP contribution in [0.2, 0.25) is 0 Å². The second kappa shape index (κ2) is 7.98. The van der Waals surface area contributed by atoms with Gasteiger partial charge in [-0.1, -0.05) is 6.92 Å². The minimum absolute atomic E-state index is 0.134. The van der Waals surface area contributed by atoms with Crippen molar-refractivity contribution in [2.75, 3.05) is 30.6 Å². The molecule has 1 aromatic rings. The standard InChI is InChI=1S/C15H24FN3O4S2/c1-3-10-24(20,21)18-15-5-4-13(11-14(15)16)25(22,23)19(2)12-6-8-17-9-7-12/h4-5,11-12,17-18H,3,6-10H2,1-2H3. The molecule has 0 radical (unpaired) electrons. The lowest BCUT2D eigenvalue weighted by atomic mass is 10.1. The maximum Gasteiger partial charge on any atom is 0.243 e. The highest BCUT2D eigenvalue weighted by Crippen LogP contribution is 2.25. The first-order valence-electron chi connectivity index (χ1n) is 8.16. The Labute approximate surface area is 148 Å². The van der Waals surface area contributed by atoms with Gasteiger partial charge in [0.25, 0.3) is 0 Å². The molecule has 1 heterocycles. The fraction of sp³-hybridized carbons (Fsp3) is 0.600. The molecule has 142 valence electrons. The molecule has 2 rings (SSSR count). The maximum atomic E-state index is 14.2. The Morgan fingerprint density at radius 1 is 1.24 bits per heavy atom. The van der Waals surface area contributed by atoms with Crippen molar-refractivity contribution >= 4 is 25.7 Å². The Morgan fingerprint density at radius 3 is 2.44 bits per heavy atom. The fourth-order valence-corrected chi connectivity index (χ4v) is 5.33. The Bertz CT molecular complexity index is 806. The first-order chi connectivity index (χ1) is 11.7. The van der Waals surface area contributed by atoms with Crippen LogP contribution in [-0.2, 0) is 20.0 Å². The van der Waals surface area contributed by atoms with Gasteiger partial charge in [0.05, 0.1) is 16.3 Å². The topological polar surface area (TPSA) is 95.6 Å². The molecule has 0 spiro atoms. The SMILES string of the molecule is CCCS(=O)(=O)Nc1ccc(S(=O)(=O)N(C)C2CCNCC2)cc1F. The Balaban J connectivity index is 2.23. The summed E-state index contributed by atoms with van der Waals surface area (Å²) in [5.41, 5.74) is -0.253. The van der Waals surface area contributed by atoms with E-state index in [2.05, 4.69) is 10.0 Å². The second-order valence-corrected chi connectivity index (χ2v) is 9.90. The van der Waals surface area contributed by atoms with Crippen molar-refractivity contribution in [1.82, 2.24) is 9.62 Å². The average Bonchev–Trinajstić information content (AvgIpc) is 2.56. The number of hydrogen-bond acceptors (Lipinski definition) is 5. The van der Waals surface area contributed by atoms with Crippen molar-refractivity contribution in [2.24, 2.45) is 0 Å². The highest BCUT2D eigenvalue weighted by Gasteiger charge is 2.29. The first-order valence-corrected chi connectivity index (χ1v) is 11.3. The van der Waals surface area contributed by atoms with Gasteiger partial charge in [0.15, 0.2) is 0 Å². The molecule has 1 saturated heterocycles. The highest BCUT2D eigenvalue weighted by molar-refractivity contribution is 7.92. The van der Waals surface area contributed by atoms with Gasteiger partial charge in [0.2, 0.25) is 20.0 Å². The van der Waals surface area contributed by atoms with Crippen molar-refractivity contribution in [3.8, 4) is 0 Å². The van der Waals surface area contributed by atoms with Gasteiger partial charge in [-0.15, -0.1) is 0 Å². The monoisotopic (exact) mass is 393 g/mol. The van der Waals surface area contributed by atoms with Crippen molar-refractivity contribution in [3.63, 3.8) is 0 Å². The fourth-order valence-electron chi connectivity index (χ4n) is 2.76. The predicted octanol–water partition coefficient (Wildman–Crippen LogP) is 1.35. The van der Waals surface area contributed by atoms with Crippen LogP contribution in [0.1, 0.15) is 26.2 Å². The van der Waals surface area contributed by atoms with Crippen LogP contribution in [0, 0.1) is 5.82 Å². The quantitative estimate of drug-likeness (QED) is 0.729. The van der Waals surface area contributed by atoms with Gasteiger partial charge in [-0.3, -0.25) is 4.72 Å². The number of rotatable bonds is 7. The minimum Gasteiger partial charge on any atom is -0.317 e. The molecule has 0 saturated carbocycles. The predicted molar refractivity (Wildman–Crippen MR) is 94.9 cm³/mol. The smallest absolute Gasteiger partial charge is 0.243 e. The third-order valence-electron chi connectivity index (χ3n) is 4.18. The van der Waals surface area contributed by atoms with E-state index in [0.717, 1.165) is 25.2 Å². The van der Waals surface area contributed by atoms with E-state index in [-0.39, 0.29) is 22.4 Å². The lowest BCUT2D eigenvalue weighted by Crippen LogP contribution is -2.43. The van der Waals surface area contributed by atoms with E-state index in [1.807, 2.05) is 0 Å². The van der Waals surface area contributed by atoms with Gasteiger partial charge in [-0.05, 0) is 50.6 Å². The molecule has 1 aliphatic rings. The number of nitrogens with zero attached hydrogens (tertiary/aromatic N) is 1. The van der Waals surface area contributed by atoms with E-state index in [1.165, 1.54) is 17.4 Å². The summed E-state index contributed by atoms with van der Waals surface area (Å²) in [4.78, 5) is -0.190. The van der Waals surface area contributed by atoms with Gasteiger partial charge in [0.1, 0.15) is 5.82 Å². The Hall–Kier alpha value is -1.23. The van der Waals surface area contributed by atoms with E-state index in [9.17, 15) is 21.2 Å². The zero-order valence-corrected chi connectivity index (χ0v) is 16.0. The van der Waals surface area contributed by atoms with Crippen molar-refractivity contribution in [2.45, 2.75) is 37.1 Å². The first kappa shape index (κ1) is 20.1. The summed E-state index contributed by atoms with van der Waals surface area (Å²) in [6, 6.07) is 3.08. The molecule has 0 atom stereocenters. The van der Waals surface area contributed by atoms with Gasteiger partial charge >= 0.3 is 0 Å². The summed E-state index contributed by atoms with van der Waals surface area (Å²) in [5.74, 6) is -1.05. The van der Waals surface area contributed by atoms with Crippen LogP contribution < -0.4 is 10.0 Å². The van der Waals surface area contributed by atoms with Gasteiger partial charge in [-0.2, -0.15) is 4.31 Å². The van der Waals surface area contributed by atoms with E-state index in [0.29, 0.717) is 19.3 Å². The zero-order chi connectivity index (χ0) is 18.7. The summed E-state index contributed by atoms with van der Waals surface area (Å²) >= 11 is 0. The third kappa shape index (κ3) is 4.90. The van der Waals surface area contributed by atoms with Gasteiger partial charge < -0.3 is 5.32 Å². The second-order valence-electron chi connectivity index (χ2n) is 6.07. The molecular formula is C15H24FN3O4S2. The summed E-state index contributed by atoms with van der Waals surface area (Å²) in [6.07, 6.45) is 1.77. The number of anilines is 1. The molecular weight excluding hydrogens is 369 g/mol. The minimum atomic E-state index is -3.84. The van der Waals surface area contributed by atoms with E-state index < -0.39 is 25.9 Å². The van der Waals surface area contributed by atoms with Crippen LogP contribution in [0.25, 0.3) is 0 Å². The Kier molecular flexibility index (Phi) is 6.41. The number of nitrogens with one attached hydrogen (secondary N) is 2. The summed E-state index contributed by atoms with van der Waals surface area (Å²) in [6.45, 7) is 3.16. The number of sulfonamides is 2. The van der Waals surface area contributed by atoms with Crippen LogP contribution in [0.4, 0.5) is 10.1 Å². The van der Waals surface area contributed by atoms with Crippen molar-refractivity contribution < 1.29 is 21.2 Å². The van der Waals surface area contributed by atoms with Crippen LogP contribution in [-0.4, -0.2) is 53.1 Å². The molecule has 0 aromatic heterocycles. The summed E-state index contributed by atoms with van der Waals surface area (Å²) < 4.78 is 66.5. The molecule has 1 fully saturated rings. The Morgan fingerprint density at radius 2 is 1.88 bits per heavy atom. The molecule has 1 aromatic carbocycles.